The number of aliphatic imine (C=N–C) groups is 1. The minimum atomic E-state index is -1.68. The summed E-state index contributed by atoms with van der Waals surface area (Å²) < 4.78 is 0. The van der Waals surface area contributed by atoms with Gasteiger partial charge in [-0.15, -0.1) is 0 Å². The molecule has 0 aliphatic carbocycles. The van der Waals surface area contributed by atoms with Crippen molar-refractivity contribution in [3.63, 3.8) is 0 Å². The lowest BCUT2D eigenvalue weighted by Gasteiger charge is -2.23. The third kappa shape index (κ3) is 1.72. The summed E-state index contributed by atoms with van der Waals surface area (Å²) in [7, 11) is 0. The molecule has 9 heteroatoms. The van der Waals surface area contributed by atoms with Crippen molar-refractivity contribution in [2.45, 2.75) is 12.6 Å². The molecule has 2 heterocycles. The van der Waals surface area contributed by atoms with Crippen LogP contribution in [0.3, 0.4) is 0 Å². The van der Waals surface area contributed by atoms with E-state index in [2.05, 4.69) is 20.5 Å². The Balaban J connectivity index is 2.54. The fourth-order valence-electron chi connectivity index (χ4n) is 1.53. The van der Waals surface area contributed by atoms with Gasteiger partial charge in [0.1, 0.15) is 5.69 Å². The van der Waals surface area contributed by atoms with Crippen LogP contribution in [0.5, 0.6) is 0 Å². The summed E-state index contributed by atoms with van der Waals surface area (Å²) in [6.07, 6.45) is 1.12. The van der Waals surface area contributed by atoms with Crippen LogP contribution in [-0.4, -0.2) is 21.1 Å². The molecule has 1 unspecified atom stereocenters. The second-order valence-corrected chi connectivity index (χ2v) is 3.63. The van der Waals surface area contributed by atoms with Crippen molar-refractivity contribution in [2.24, 2.45) is 16.5 Å². The average Bonchev–Trinajstić information content (AvgIpc) is 2.64. The highest BCUT2D eigenvalue weighted by Crippen LogP contribution is 2.28. The molecule has 0 saturated heterocycles. The Hall–Kier alpha value is -2.42. The van der Waals surface area contributed by atoms with Crippen LogP contribution in [0.1, 0.15) is 11.4 Å². The monoisotopic (exact) mass is 237 g/mol. The van der Waals surface area contributed by atoms with E-state index < -0.39 is 10.6 Å². The number of guanidine groups is 1. The third-order valence-corrected chi connectivity index (χ3v) is 2.34. The summed E-state index contributed by atoms with van der Waals surface area (Å²) in [6.45, 7) is 1.75. The van der Waals surface area contributed by atoms with E-state index in [9.17, 15) is 10.1 Å². The van der Waals surface area contributed by atoms with Crippen LogP contribution >= 0.6 is 0 Å². The van der Waals surface area contributed by atoms with Crippen LogP contribution in [0, 0.1) is 17.0 Å². The molecule has 1 aliphatic heterocycles. The molecule has 9 nitrogen and oxygen atoms in total. The molecule has 90 valence electrons. The van der Waals surface area contributed by atoms with Crippen molar-refractivity contribution in [1.82, 2.24) is 15.5 Å². The SMILES string of the molecule is Cc1cc(C2(N)N=C(N)NC=C2[N+](=O)[O-])n[nH]1. The van der Waals surface area contributed by atoms with Crippen LogP contribution in [0.25, 0.3) is 0 Å². The van der Waals surface area contributed by atoms with Crippen LogP contribution in [0.4, 0.5) is 0 Å². The zero-order chi connectivity index (χ0) is 12.6. The van der Waals surface area contributed by atoms with Crippen molar-refractivity contribution in [3.8, 4) is 0 Å². The highest BCUT2D eigenvalue weighted by Gasteiger charge is 2.45. The lowest BCUT2D eigenvalue weighted by molar-refractivity contribution is -0.436. The van der Waals surface area contributed by atoms with Crippen LogP contribution < -0.4 is 16.8 Å². The zero-order valence-corrected chi connectivity index (χ0v) is 8.97. The largest absolute Gasteiger partial charge is 0.370 e. The van der Waals surface area contributed by atoms with E-state index in [4.69, 9.17) is 11.5 Å². The van der Waals surface area contributed by atoms with Crippen LogP contribution in [-0.2, 0) is 5.66 Å². The minimum Gasteiger partial charge on any atom is -0.370 e. The zero-order valence-electron chi connectivity index (χ0n) is 8.97. The standard InChI is InChI=1S/C8H11N7O2/c1-4-2-5(14-13-4)8(10)6(15(16)17)3-11-7(9)12-8/h2-3H,10H2,1H3,(H,13,14)(H3,9,11,12). The van der Waals surface area contributed by atoms with Gasteiger partial charge in [-0.1, -0.05) is 0 Å². The van der Waals surface area contributed by atoms with Crippen molar-refractivity contribution in [1.29, 1.82) is 0 Å². The van der Waals surface area contributed by atoms with E-state index in [0.717, 1.165) is 11.9 Å². The van der Waals surface area contributed by atoms with Gasteiger partial charge in [-0.2, -0.15) is 5.10 Å². The Labute approximate surface area is 95.7 Å². The van der Waals surface area contributed by atoms with E-state index in [1.807, 2.05) is 0 Å². The fourth-order valence-corrected chi connectivity index (χ4v) is 1.53. The first-order chi connectivity index (χ1) is 7.93. The molecular weight excluding hydrogens is 226 g/mol. The molecule has 0 amide bonds. The number of hydrogen-bond acceptors (Lipinski definition) is 7. The fraction of sp³-hybridized carbons (Fsp3) is 0.250. The quantitative estimate of drug-likeness (QED) is 0.377. The maximum Gasteiger partial charge on any atom is 0.310 e. The molecule has 1 aromatic rings. The predicted molar refractivity (Wildman–Crippen MR) is 59.0 cm³/mol. The van der Waals surface area contributed by atoms with E-state index in [-0.39, 0.29) is 17.4 Å². The summed E-state index contributed by atoms with van der Waals surface area (Å²) in [5.74, 6) is -0.00115. The van der Waals surface area contributed by atoms with Gasteiger partial charge in [-0.25, -0.2) is 4.99 Å². The molecule has 2 rings (SSSR count). The highest BCUT2D eigenvalue weighted by atomic mass is 16.6. The molecular formula is C8H11N7O2. The van der Waals surface area contributed by atoms with Crippen molar-refractivity contribution in [3.05, 3.63) is 39.5 Å². The number of aromatic amines is 1. The molecule has 17 heavy (non-hydrogen) atoms. The molecule has 0 spiro atoms. The number of aryl methyl sites for hydroxylation is 1. The third-order valence-electron chi connectivity index (χ3n) is 2.34. The smallest absolute Gasteiger partial charge is 0.310 e. The maximum atomic E-state index is 10.9. The summed E-state index contributed by atoms with van der Waals surface area (Å²) in [5.41, 5.74) is 10.4. The van der Waals surface area contributed by atoms with Crippen LogP contribution in [0.2, 0.25) is 0 Å². The molecule has 1 aliphatic rings. The van der Waals surface area contributed by atoms with Crippen molar-refractivity contribution < 1.29 is 4.92 Å². The second kappa shape index (κ2) is 3.56. The molecule has 0 fully saturated rings. The first-order valence-electron chi connectivity index (χ1n) is 4.72. The number of aromatic nitrogens is 2. The Morgan fingerprint density at radius 1 is 1.59 bits per heavy atom. The lowest BCUT2D eigenvalue weighted by Crippen LogP contribution is -2.48. The highest BCUT2D eigenvalue weighted by molar-refractivity contribution is 5.80. The molecule has 6 N–H and O–H groups in total. The first-order valence-corrected chi connectivity index (χ1v) is 4.72. The molecule has 0 aromatic carbocycles. The van der Waals surface area contributed by atoms with Gasteiger partial charge in [-0.05, 0) is 13.0 Å². The van der Waals surface area contributed by atoms with Gasteiger partial charge in [0, 0.05) is 5.69 Å². The number of nitrogens with two attached hydrogens (primary N) is 2. The number of nitro groups is 1. The number of nitrogens with zero attached hydrogens (tertiary/aromatic N) is 3. The van der Waals surface area contributed by atoms with Crippen LogP contribution in [0.15, 0.2) is 23.0 Å². The second-order valence-electron chi connectivity index (χ2n) is 3.63. The average molecular weight is 237 g/mol. The molecule has 1 aromatic heterocycles. The van der Waals surface area contributed by atoms with Crippen molar-refractivity contribution in [2.75, 3.05) is 0 Å². The number of hydrogen-bond donors (Lipinski definition) is 4. The minimum absolute atomic E-state index is 0.00115. The normalized spacial score (nSPS) is 23.6. The van der Waals surface area contributed by atoms with E-state index in [0.29, 0.717) is 0 Å². The van der Waals surface area contributed by atoms with E-state index in [1.54, 1.807) is 13.0 Å². The van der Waals surface area contributed by atoms with Gasteiger partial charge in [0.15, 0.2) is 5.96 Å². The van der Waals surface area contributed by atoms with Gasteiger partial charge in [-0.3, -0.25) is 20.9 Å². The summed E-state index contributed by atoms with van der Waals surface area (Å²) in [4.78, 5) is 14.2. The number of rotatable bonds is 2. The van der Waals surface area contributed by atoms with Gasteiger partial charge < -0.3 is 11.1 Å². The van der Waals surface area contributed by atoms with Gasteiger partial charge in [0.2, 0.25) is 5.66 Å². The Morgan fingerprint density at radius 3 is 2.82 bits per heavy atom. The van der Waals surface area contributed by atoms with E-state index in [1.165, 1.54) is 0 Å². The Kier molecular flexibility index (Phi) is 2.32. The number of nitrogens with one attached hydrogen (secondary N) is 2. The lowest BCUT2D eigenvalue weighted by atomic mass is 10.0. The maximum absolute atomic E-state index is 10.9. The Bertz CT molecular complexity index is 532. The Morgan fingerprint density at radius 2 is 2.29 bits per heavy atom. The topological polar surface area (TPSA) is 148 Å². The van der Waals surface area contributed by atoms with Gasteiger partial charge >= 0.3 is 5.70 Å². The predicted octanol–water partition coefficient (Wildman–Crippen LogP) is -1.13. The number of H-pyrrole nitrogens is 1. The molecule has 0 radical (unpaired) electrons. The van der Waals surface area contributed by atoms with Gasteiger partial charge in [0.05, 0.1) is 11.1 Å². The first kappa shape index (κ1) is 11.1. The van der Waals surface area contributed by atoms with Gasteiger partial charge in [0.25, 0.3) is 0 Å². The molecule has 0 saturated carbocycles. The van der Waals surface area contributed by atoms with Crippen molar-refractivity contribution >= 4 is 5.96 Å². The molecule has 0 bridgehead atoms. The van der Waals surface area contributed by atoms with E-state index >= 15 is 0 Å². The summed E-state index contributed by atoms with van der Waals surface area (Å²) >= 11 is 0. The summed E-state index contributed by atoms with van der Waals surface area (Å²) in [6, 6.07) is 1.58. The summed E-state index contributed by atoms with van der Waals surface area (Å²) in [5, 5.41) is 19.9. The molecule has 1 atom stereocenters.